The highest BCUT2D eigenvalue weighted by Crippen LogP contribution is 2.31. The first-order chi connectivity index (χ1) is 8.54. The molecular formula is C14H21N3O. The van der Waals surface area contributed by atoms with Gasteiger partial charge in [0, 0.05) is 18.8 Å². The van der Waals surface area contributed by atoms with Crippen LogP contribution < -0.4 is 5.73 Å². The zero-order valence-corrected chi connectivity index (χ0v) is 11.1. The maximum atomic E-state index is 12.5. The van der Waals surface area contributed by atoms with Crippen LogP contribution in [0.15, 0.2) is 24.4 Å². The molecule has 1 aromatic heterocycles. The number of nitrogens with two attached hydrogens (primary N) is 1. The van der Waals surface area contributed by atoms with Gasteiger partial charge in [0.2, 0.25) is 5.91 Å². The largest absolute Gasteiger partial charge is 0.333 e. The molecule has 0 aromatic carbocycles. The van der Waals surface area contributed by atoms with Gasteiger partial charge in [-0.05, 0) is 38.8 Å². The summed E-state index contributed by atoms with van der Waals surface area (Å²) in [4.78, 5) is 18.7. The van der Waals surface area contributed by atoms with E-state index in [0.717, 1.165) is 18.5 Å². The number of hydrogen-bond donors (Lipinski definition) is 1. The first-order valence-electron chi connectivity index (χ1n) is 6.45. The zero-order chi connectivity index (χ0) is 13.2. The lowest BCUT2D eigenvalue weighted by atomic mass is 9.91. The van der Waals surface area contributed by atoms with E-state index in [2.05, 4.69) is 4.98 Å². The Hall–Kier alpha value is -1.42. The van der Waals surface area contributed by atoms with Gasteiger partial charge in [-0.25, -0.2) is 0 Å². The molecule has 0 spiro atoms. The van der Waals surface area contributed by atoms with Crippen LogP contribution in [0.5, 0.6) is 0 Å². The molecule has 1 amide bonds. The Morgan fingerprint density at radius 2 is 2.22 bits per heavy atom. The van der Waals surface area contributed by atoms with Gasteiger partial charge >= 0.3 is 0 Å². The molecule has 2 N–H and O–H groups in total. The molecule has 4 heteroatoms. The Kier molecular flexibility index (Phi) is 3.66. The summed E-state index contributed by atoms with van der Waals surface area (Å²) in [5.41, 5.74) is 6.14. The van der Waals surface area contributed by atoms with Gasteiger partial charge < -0.3 is 10.6 Å². The third-order valence-electron chi connectivity index (χ3n) is 3.40. The van der Waals surface area contributed by atoms with E-state index in [-0.39, 0.29) is 5.91 Å². The van der Waals surface area contributed by atoms with Gasteiger partial charge in [0.25, 0.3) is 0 Å². The zero-order valence-electron chi connectivity index (χ0n) is 11.1. The third-order valence-corrected chi connectivity index (χ3v) is 3.40. The summed E-state index contributed by atoms with van der Waals surface area (Å²) in [7, 11) is 0. The van der Waals surface area contributed by atoms with E-state index in [4.69, 9.17) is 5.73 Å². The van der Waals surface area contributed by atoms with Gasteiger partial charge in [-0.3, -0.25) is 9.78 Å². The second-order valence-corrected chi connectivity index (χ2v) is 5.57. The average Bonchev–Trinajstić information content (AvgIpc) is 3.20. The van der Waals surface area contributed by atoms with Crippen LogP contribution in [0.3, 0.4) is 0 Å². The minimum Gasteiger partial charge on any atom is -0.333 e. The average molecular weight is 247 g/mol. The molecule has 1 saturated carbocycles. The van der Waals surface area contributed by atoms with Crippen molar-refractivity contribution in [3.8, 4) is 0 Å². The first-order valence-corrected chi connectivity index (χ1v) is 6.45. The molecule has 1 fully saturated rings. The lowest BCUT2D eigenvalue weighted by molar-refractivity contribution is -0.141. The number of nitrogens with zero attached hydrogens (tertiary/aromatic N) is 2. The molecule has 18 heavy (non-hydrogen) atoms. The minimum absolute atomic E-state index is 0.137. The Labute approximate surface area is 108 Å². The van der Waals surface area contributed by atoms with Crippen LogP contribution in [0.25, 0.3) is 0 Å². The number of rotatable bonds is 5. The summed E-state index contributed by atoms with van der Waals surface area (Å²) in [6.45, 7) is 4.78. The molecule has 2 rings (SSSR count). The van der Waals surface area contributed by atoms with Crippen molar-refractivity contribution in [1.82, 2.24) is 9.88 Å². The van der Waals surface area contributed by atoms with Gasteiger partial charge in [-0.15, -0.1) is 0 Å². The fraction of sp³-hybridized carbons (Fsp3) is 0.571. The van der Waals surface area contributed by atoms with Crippen molar-refractivity contribution in [2.75, 3.05) is 6.54 Å². The van der Waals surface area contributed by atoms with Gasteiger partial charge in [-0.2, -0.15) is 0 Å². The molecule has 0 aliphatic heterocycles. The van der Waals surface area contributed by atoms with E-state index >= 15 is 0 Å². The molecule has 0 bridgehead atoms. The van der Waals surface area contributed by atoms with Crippen molar-refractivity contribution < 1.29 is 4.79 Å². The summed E-state index contributed by atoms with van der Waals surface area (Å²) in [6.07, 6.45) is 3.96. The topological polar surface area (TPSA) is 59.2 Å². The second kappa shape index (κ2) is 5.06. The third kappa shape index (κ3) is 2.88. The molecule has 0 radical (unpaired) electrons. The molecule has 1 aliphatic rings. The fourth-order valence-electron chi connectivity index (χ4n) is 1.90. The Morgan fingerprint density at radius 3 is 2.72 bits per heavy atom. The summed E-state index contributed by atoms with van der Waals surface area (Å²) in [6, 6.07) is 6.17. The smallest absolute Gasteiger partial charge is 0.230 e. The Bertz CT molecular complexity index is 412. The molecule has 98 valence electrons. The fourth-order valence-corrected chi connectivity index (χ4v) is 1.90. The van der Waals surface area contributed by atoms with E-state index in [9.17, 15) is 4.79 Å². The molecule has 4 nitrogen and oxygen atoms in total. The van der Waals surface area contributed by atoms with Gasteiger partial charge in [0.15, 0.2) is 0 Å². The lowest BCUT2D eigenvalue weighted by Gasteiger charge is -2.31. The van der Waals surface area contributed by atoms with Crippen LogP contribution in [0.2, 0.25) is 0 Å². The van der Waals surface area contributed by atoms with Gasteiger partial charge in [-0.1, -0.05) is 6.07 Å². The van der Waals surface area contributed by atoms with E-state index < -0.39 is 5.41 Å². The standard InChI is InChI=1S/C14H21N3O/c1-14(2,10-15)13(18)17(12-6-7-12)9-11-5-3-4-8-16-11/h3-5,8,12H,6-7,9-10,15H2,1-2H3. The lowest BCUT2D eigenvalue weighted by Crippen LogP contribution is -2.45. The van der Waals surface area contributed by atoms with Crippen molar-refractivity contribution in [1.29, 1.82) is 0 Å². The molecule has 0 atom stereocenters. The van der Waals surface area contributed by atoms with E-state index in [1.165, 1.54) is 0 Å². The molecule has 0 saturated heterocycles. The molecule has 1 aliphatic carbocycles. The highest BCUT2D eigenvalue weighted by atomic mass is 16.2. The van der Waals surface area contributed by atoms with Crippen molar-refractivity contribution in [2.24, 2.45) is 11.1 Å². The van der Waals surface area contributed by atoms with Crippen LogP contribution in [0.1, 0.15) is 32.4 Å². The quantitative estimate of drug-likeness (QED) is 0.859. The van der Waals surface area contributed by atoms with Crippen LogP contribution in [-0.4, -0.2) is 28.4 Å². The molecule has 1 heterocycles. The van der Waals surface area contributed by atoms with Crippen molar-refractivity contribution >= 4 is 5.91 Å². The Morgan fingerprint density at radius 1 is 1.50 bits per heavy atom. The van der Waals surface area contributed by atoms with Crippen LogP contribution >= 0.6 is 0 Å². The molecule has 0 unspecified atom stereocenters. The van der Waals surface area contributed by atoms with Crippen LogP contribution in [0.4, 0.5) is 0 Å². The highest BCUT2D eigenvalue weighted by Gasteiger charge is 2.38. The summed E-state index contributed by atoms with van der Waals surface area (Å²) in [5, 5.41) is 0. The van der Waals surface area contributed by atoms with Gasteiger partial charge in [0.1, 0.15) is 0 Å². The Balaban J connectivity index is 2.12. The maximum Gasteiger partial charge on any atom is 0.230 e. The van der Waals surface area contributed by atoms with E-state index in [1.54, 1.807) is 6.20 Å². The van der Waals surface area contributed by atoms with Gasteiger partial charge in [0.05, 0.1) is 17.7 Å². The summed E-state index contributed by atoms with van der Waals surface area (Å²) in [5.74, 6) is 0.137. The maximum absolute atomic E-state index is 12.5. The number of carbonyl (C=O) groups excluding carboxylic acids is 1. The van der Waals surface area contributed by atoms with Crippen LogP contribution in [-0.2, 0) is 11.3 Å². The summed E-state index contributed by atoms with van der Waals surface area (Å²) < 4.78 is 0. The predicted octanol–water partition coefficient (Wildman–Crippen LogP) is 1.56. The van der Waals surface area contributed by atoms with Crippen molar-refractivity contribution in [3.63, 3.8) is 0 Å². The molecular weight excluding hydrogens is 226 g/mol. The van der Waals surface area contributed by atoms with Crippen molar-refractivity contribution in [2.45, 2.75) is 39.3 Å². The number of aromatic nitrogens is 1. The van der Waals surface area contributed by atoms with E-state index in [1.807, 2.05) is 36.9 Å². The SMILES string of the molecule is CC(C)(CN)C(=O)N(Cc1ccccn1)C1CC1. The second-order valence-electron chi connectivity index (χ2n) is 5.57. The number of pyridine rings is 1. The number of amides is 1. The summed E-state index contributed by atoms with van der Waals surface area (Å²) >= 11 is 0. The number of carbonyl (C=O) groups is 1. The normalized spacial score (nSPS) is 15.5. The predicted molar refractivity (Wildman–Crippen MR) is 70.6 cm³/mol. The van der Waals surface area contributed by atoms with E-state index in [0.29, 0.717) is 19.1 Å². The van der Waals surface area contributed by atoms with Crippen molar-refractivity contribution in [3.05, 3.63) is 30.1 Å². The molecule has 1 aromatic rings. The monoisotopic (exact) mass is 247 g/mol. The first kappa shape index (κ1) is 13.0. The highest BCUT2D eigenvalue weighted by molar-refractivity contribution is 5.82. The minimum atomic E-state index is -0.489. The van der Waals surface area contributed by atoms with Crippen LogP contribution in [0, 0.1) is 5.41 Å². The number of hydrogen-bond acceptors (Lipinski definition) is 3.